The van der Waals surface area contributed by atoms with Gasteiger partial charge in [-0.3, -0.25) is 9.78 Å². The van der Waals surface area contributed by atoms with Gasteiger partial charge < -0.3 is 15.0 Å². The van der Waals surface area contributed by atoms with Gasteiger partial charge in [0.2, 0.25) is 5.91 Å². The van der Waals surface area contributed by atoms with Gasteiger partial charge in [-0.15, -0.1) is 0 Å². The fraction of sp³-hybridized carbons (Fsp3) is 0.647. The van der Waals surface area contributed by atoms with E-state index < -0.39 is 17.2 Å². The molecule has 0 saturated carbocycles. The number of likely N-dealkylation sites (tertiary alicyclic amines) is 1. The molecule has 1 fully saturated rings. The van der Waals surface area contributed by atoms with Crippen LogP contribution in [-0.2, 0) is 11.0 Å². The van der Waals surface area contributed by atoms with E-state index in [9.17, 15) is 18.0 Å². The lowest BCUT2D eigenvalue weighted by atomic mass is 9.92. The van der Waals surface area contributed by atoms with E-state index in [4.69, 9.17) is 4.74 Å². The van der Waals surface area contributed by atoms with Gasteiger partial charge in [0.15, 0.2) is 0 Å². The van der Waals surface area contributed by atoms with Crippen molar-refractivity contribution in [1.82, 2.24) is 15.2 Å². The highest BCUT2D eigenvalue weighted by molar-refractivity contribution is 5.82. The van der Waals surface area contributed by atoms with Crippen molar-refractivity contribution in [2.75, 3.05) is 26.7 Å². The van der Waals surface area contributed by atoms with Gasteiger partial charge in [0, 0.05) is 12.2 Å². The Labute approximate surface area is 145 Å². The molecule has 1 aliphatic heterocycles. The highest BCUT2D eigenvalue weighted by atomic mass is 19.4. The van der Waals surface area contributed by atoms with Gasteiger partial charge in [0.1, 0.15) is 17.9 Å². The van der Waals surface area contributed by atoms with E-state index in [2.05, 4.69) is 15.2 Å². The normalized spacial score (nSPS) is 17.4. The summed E-state index contributed by atoms with van der Waals surface area (Å²) in [5.74, 6) is -0.588. The van der Waals surface area contributed by atoms with Crippen LogP contribution in [0.25, 0.3) is 0 Å². The minimum absolute atomic E-state index is 0.0899. The number of carbonyl (C=O) groups excluding carboxylic acids is 1. The fourth-order valence-corrected chi connectivity index (χ4v) is 2.59. The summed E-state index contributed by atoms with van der Waals surface area (Å²) in [5, 5.41) is 2.98. The van der Waals surface area contributed by atoms with E-state index >= 15 is 0 Å². The van der Waals surface area contributed by atoms with Gasteiger partial charge in [0.05, 0.1) is 11.6 Å². The third kappa shape index (κ3) is 5.32. The average molecular weight is 359 g/mol. The summed E-state index contributed by atoms with van der Waals surface area (Å²) in [6.45, 7) is 4.96. The highest BCUT2D eigenvalue weighted by Crippen LogP contribution is 2.36. The molecular weight excluding hydrogens is 335 g/mol. The third-order valence-electron chi connectivity index (χ3n) is 4.35. The van der Waals surface area contributed by atoms with Crippen LogP contribution in [-0.4, -0.2) is 48.6 Å². The molecule has 2 heterocycles. The first kappa shape index (κ1) is 19.5. The molecule has 0 aromatic carbocycles. The van der Waals surface area contributed by atoms with Gasteiger partial charge in [-0.25, -0.2) is 0 Å². The fourth-order valence-electron chi connectivity index (χ4n) is 2.59. The van der Waals surface area contributed by atoms with E-state index in [0.717, 1.165) is 44.4 Å². The van der Waals surface area contributed by atoms with Crippen molar-refractivity contribution in [3.63, 3.8) is 0 Å². The summed E-state index contributed by atoms with van der Waals surface area (Å²) in [5.41, 5.74) is -1.85. The number of hydrogen-bond acceptors (Lipinski definition) is 4. The summed E-state index contributed by atoms with van der Waals surface area (Å²) in [4.78, 5) is 18.3. The minimum atomic E-state index is -4.53. The van der Waals surface area contributed by atoms with E-state index in [0.29, 0.717) is 0 Å². The molecule has 0 spiro atoms. The number of ether oxygens (including phenoxy) is 1. The van der Waals surface area contributed by atoms with Gasteiger partial charge in [-0.2, -0.15) is 13.2 Å². The second kappa shape index (κ2) is 7.59. The molecule has 2 rings (SSSR count). The molecule has 1 aromatic rings. The quantitative estimate of drug-likeness (QED) is 0.878. The van der Waals surface area contributed by atoms with Crippen LogP contribution in [0.15, 0.2) is 18.5 Å². The Morgan fingerprint density at radius 3 is 2.60 bits per heavy atom. The van der Waals surface area contributed by atoms with E-state index in [-0.39, 0.29) is 24.3 Å². The SMILES string of the molecule is CN1CCC(NC(=O)C(C)(C)COc2cnccc2C(F)(F)F)CC1. The molecule has 1 amide bonds. The largest absolute Gasteiger partial charge is 0.490 e. The van der Waals surface area contributed by atoms with Crippen LogP contribution in [0, 0.1) is 5.41 Å². The highest BCUT2D eigenvalue weighted by Gasteiger charge is 2.36. The first-order valence-electron chi connectivity index (χ1n) is 8.23. The molecule has 0 aliphatic carbocycles. The van der Waals surface area contributed by atoms with Crippen molar-refractivity contribution in [2.24, 2.45) is 5.41 Å². The molecule has 0 bridgehead atoms. The van der Waals surface area contributed by atoms with Crippen LogP contribution in [0.2, 0.25) is 0 Å². The third-order valence-corrected chi connectivity index (χ3v) is 4.35. The van der Waals surface area contributed by atoms with Crippen molar-refractivity contribution in [3.8, 4) is 5.75 Å². The molecule has 0 unspecified atom stereocenters. The molecule has 1 N–H and O–H groups in total. The van der Waals surface area contributed by atoms with E-state index in [1.807, 2.05) is 7.05 Å². The molecule has 1 saturated heterocycles. The zero-order valence-corrected chi connectivity index (χ0v) is 14.7. The van der Waals surface area contributed by atoms with Crippen LogP contribution in [0.5, 0.6) is 5.75 Å². The van der Waals surface area contributed by atoms with Crippen molar-refractivity contribution >= 4 is 5.91 Å². The topological polar surface area (TPSA) is 54.5 Å². The van der Waals surface area contributed by atoms with Gasteiger partial charge in [-0.05, 0) is 52.9 Å². The maximum atomic E-state index is 13.0. The summed E-state index contributed by atoms with van der Waals surface area (Å²) < 4.78 is 44.2. The Hall–Kier alpha value is -1.83. The Morgan fingerprint density at radius 1 is 1.36 bits per heavy atom. The first-order chi connectivity index (χ1) is 11.6. The minimum Gasteiger partial charge on any atom is -0.490 e. The van der Waals surface area contributed by atoms with Crippen LogP contribution >= 0.6 is 0 Å². The number of hydrogen-bond donors (Lipinski definition) is 1. The lowest BCUT2D eigenvalue weighted by molar-refractivity contribution is -0.139. The number of amides is 1. The molecular formula is C17H24F3N3O2. The standard InChI is InChI=1S/C17H24F3N3O2/c1-16(2,15(24)22-12-5-8-23(3)9-6-12)11-25-14-10-21-7-4-13(14)17(18,19)20/h4,7,10,12H,5-6,8-9,11H2,1-3H3,(H,22,24). The lowest BCUT2D eigenvalue weighted by Crippen LogP contribution is -2.49. The summed E-state index contributed by atoms with van der Waals surface area (Å²) in [6, 6.07) is 0.952. The number of carbonyl (C=O) groups is 1. The lowest BCUT2D eigenvalue weighted by Gasteiger charge is -2.32. The molecule has 25 heavy (non-hydrogen) atoms. The van der Waals surface area contributed by atoms with Crippen LogP contribution in [0.1, 0.15) is 32.3 Å². The van der Waals surface area contributed by atoms with E-state index in [1.54, 1.807) is 13.8 Å². The number of piperidine rings is 1. The summed E-state index contributed by atoms with van der Waals surface area (Å²) in [7, 11) is 2.03. The predicted octanol–water partition coefficient (Wildman–Crippen LogP) is 2.72. The molecule has 0 atom stereocenters. The number of rotatable bonds is 5. The van der Waals surface area contributed by atoms with Gasteiger partial charge in [0.25, 0.3) is 0 Å². The maximum Gasteiger partial charge on any atom is 0.420 e. The van der Waals surface area contributed by atoms with Gasteiger partial charge >= 0.3 is 6.18 Å². The van der Waals surface area contributed by atoms with Gasteiger partial charge in [-0.1, -0.05) is 0 Å². The molecule has 5 nitrogen and oxygen atoms in total. The molecule has 8 heteroatoms. The first-order valence-corrected chi connectivity index (χ1v) is 8.23. The van der Waals surface area contributed by atoms with Crippen molar-refractivity contribution < 1.29 is 22.7 Å². The Bertz CT molecular complexity index is 597. The number of nitrogens with zero attached hydrogens (tertiary/aromatic N) is 2. The molecule has 140 valence electrons. The monoisotopic (exact) mass is 359 g/mol. The Balaban J connectivity index is 1.96. The number of pyridine rings is 1. The van der Waals surface area contributed by atoms with Crippen LogP contribution in [0.4, 0.5) is 13.2 Å². The smallest absolute Gasteiger partial charge is 0.420 e. The number of alkyl halides is 3. The molecule has 0 radical (unpaired) electrons. The van der Waals surface area contributed by atoms with Crippen molar-refractivity contribution in [1.29, 1.82) is 0 Å². The predicted molar refractivity (Wildman–Crippen MR) is 87.2 cm³/mol. The number of nitrogens with one attached hydrogen (secondary N) is 1. The van der Waals surface area contributed by atoms with Crippen molar-refractivity contribution in [3.05, 3.63) is 24.0 Å². The zero-order valence-electron chi connectivity index (χ0n) is 14.7. The number of aromatic nitrogens is 1. The molecule has 1 aliphatic rings. The average Bonchev–Trinajstić information content (AvgIpc) is 2.54. The maximum absolute atomic E-state index is 13.0. The summed E-state index contributed by atoms with van der Waals surface area (Å²) >= 11 is 0. The number of halogens is 3. The second-order valence-corrected chi connectivity index (χ2v) is 7.09. The van der Waals surface area contributed by atoms with Crippen molar-refractivity contribution in [2.45, 2.75) is 38.9 Å². The Morgan fingerprint density at radius 2 is 2.00 bits per heavy atom. The zero-order chi connectivity index (χ0) is 18.7. The molecule has 1 aromatic heterocycles. The van der Waals surface area contributed by atoms with E-state index in [1.165, 1.54) is 0 Å². The van der Waals surface area contributed by atoms with Crippen LogP contribution in [0.3, 0.4) is 0 Å². The van der Waals surface area contributed by atoms with Crippen LogP contribution < -0.4 is 10.1 Å². The summed E-state index contributed by atoms with van der Waals surface area (Å²) in [6.07, 6.45) is -0.722. The second-order valence-electron chi connectivity index (χ2n) is 7.09. The Kier molecular flexibility index (Phi) is 5.92.